The second-order valence-corrected chi connectivity index (χ2v) is 6.40. The average Bonchev–Trinajstić information content (AvgIpc) is 3.15. The van der Waals surface area contributed by atoms with Gasteiger partial charge < -0.3 is 15.1 Å². The van der Waals surface area contributed by atoms with Crippen molar-refractivity contribution in [3.05, 3.63) is 46.5 Å². The molecule has 0 saturated heterocycles. The molecule has 2 aromatic rings. The van der Waals surface area contributed by atoms with Crippen LogP contribution < -0.4 is 10.6 Å². The van der Waals surface area contributed by atoms with Crippen LogP contribution in [0.3, 0.4) is 0 Å². The maximum atomic E-state index is 12.4. The summed E-state index contributed by atoms with van der Waals surface area (Å²) in [7, 11) is 0. The predicted molar refractivity (Wildman–Crippen MR) is 85.7 cm³/mol. The van der Waals surface area contributed by atoms with Gasteiger partial charge in [0.1, 0.15) is 6.04 Å². The zero-order chi connectivity index (χ0) is 16.1. The summed E-state index contributed by atoms with van der Waals surface area (Å²) in [5, 5.41) is 7.64. The van der Waals surface area contributed by atoms with E-state index in [1.165, 1.54) is 6.26 Å². The molecule has 0 fully saturated rings. The lowest BCUT2D eigenvalue weighted by atomic mass is 10.0. The Morgan fingerprint density at radius 2 is 1.91 bits per heavy atom. The lowest BCUT2D eigenvalue weighted by molar-refractivity contribution is -0.124. The molecule has 1 unspecified atom stereocenters. The molecule has 2 amide bonds. The molecule has 0 spiro atoms. The number of furan rings is 1. The maximum absolute atomic E-state index is 12.4. The Morgan fingerprint density at radius 1 is 1.14 bits per heavy atom. The summed E-state index contributed by atoms with van der Waals surface area (Å²) in [5.41, 5.74) is 0. The molecule has 6 heteroatoms. The summed E-state index contributed by atoms with van der Waals surface area (Å²) < 4.78 is 5.05. The highest BCUT2D eigenvalue weighted by atomic mass is 32.1. The molecule has 0 aromatic carbocycles. The highest BCUT2D eigenvalue weighted by molar-refractivity contribution is 7.10. The van der Waals surface area contributed by atoms with Gasteiger partial charge in [-0.3, -0.25) is 9.59 Å². The van der Waals surface area contributed by atoms with Crippen molar-refractivity contribution in [1.29, 1.82) is 0 Å². The smallest absolute Gasteiger partial charge is 0.287 e. The molecule has 22 heavy (non-hydrogen) atoms. The van der Waals surface area contributed by atoms with Crippen molar-refractivity contribution >= 4 is 23.2 Å². The molecule has 2 N–H and O–H groups in total. The number of nitrogens with one attached hydrogen (secondary N) is 2. The van der Waals surface area contributed by atoms with Crippen LogP contribution in [0.1, 0.15) is 42.2 Å². The highest BCUT2D eigenvalue weighted by Gasteiger charge is 2.26. The molecule has 0 aliphatic heterocycles. The third kappa shape index (κ3) is 3.98. The molecule has 0 bridgehead atoms. The number of hydrogen-bond acceptors (Lipinski definition) is 4. The minimum Gasteiger partial charge on any atom is -0.459 e. The molecule has 2 rings (SSSR count). The van der Waals surface area contributed by atoms with E-state index in [9.17, 15) is 9.59 Å². The first-order valence-electron chi connectivity index (χ1n) is 7.17. The van der Waals surface area contributed by atoms with E-state index in [4.69, 9.17) is 4.42 Å². The Kier molecular flexibility index (Phi) is 5.38. The van der Waals surface area contributed by atoms with Crippen molar-refractivity contribution in [1.82, 2.24) is 10.6 Å². The van der Waals surface area contributed by atoms with Crippen molar-refractivity contribution in [2.45, 2.75) is 32.9 Å². The van der Waals surface area contributed by atoms with Crippen LogP contribution >= 0.6 is 11.3 Å². The van der Waals surface area contributed by atoms with E-state index in [-0.39, 0.29) is 29.5 Å². The molecular formula is C16H20N2O3S. The molecule has 2 aromatic heterocycles. The zero-order valence-corrected chi connectivity index (χ0v) is 13.6. The van der Waals surface area contributed by atoms with Gasteiger partial charge in [-0.2, -0.15) is 0 Å². The summed E-state index contributed by atoms with van der Waals surface area (Å²) in [5.74, 6) is -0.419. The van der Waals surface area contributed by atoms with Crippen LogP contribution in [0.5, 0.6) is 0 Å². The summed E-state index contributed by atoms with van der Waals surface area (Å²) in [6, 6.07) is 6.43. The quantitative estimate of drug-likeness (QED) is 0.859. The van der Waals surface area contributed by atoms with Crippen LogP contribution in [-0.2, 0) is 4.79 Å². The third-order valence-corrected chi connectivity index (χ3v) is 4.36. The van der Waals surface area contributed by atoms with Crippen molar-refractivity contribution in [3.8, 4) is 0 Å². The Labute approximate surface area is 133 Å². The van der Waals surface area contributed by atoms with Crippen LogP contribution in [0.25, 0.3) is 0 Å². The molecule has 5 nitrogen and oxygen atoms in total. The zero-order valence-electron chi connectivity index (χ0n) is 12.8. The molecule has 118 valence electrons. The molecule has 2 atom stereocenters. The number of rotatable bonds is 6. The fourth-order valence-electron chi connectivity index (χ4n) is 2.07. The topological polar surface area (TPSA) is 71.3 Å². The normalized spacial score (nSPS) is 13.6. The lowest BCUT2D eigenvalue weighted by Crippen LogP contribution is -2.50. The second-order valence-electron chi connectivity index (χ2n) is 5.42. The summed E-state index contributed by atoms with van der Waals surface area (Å²) in [4.78, 5) is 25.6. The van der Waals surface area contributed by atoms with E-state index >= 15 is 0 Å². The van der Waals surface area contributed by atoms with E-state index in [0.29, 0.717) is 0 Å². The summed E-state index contributed by atoms with van der Waals surface area (Å²) >= 11 is 1.59. The van der Waals surface area contributed by atoms with E-state index in [0.717, 1.165) is 4.88 Å². The van der Waals surface area contributed by atoms with Crippen LogP contribution in [0, 0.1) is 5.92 Å². The fraction of sp³-hybridized carbons (Fsp3) is 0.375. The monoisotopic (exact) mass is 320 g/mol. The number of amides is 2. The Bertz CT molecular complexity index is 605. The molecular weight excluding hydrogens is 300 g/mol. The lowest BCUT2D eigenvalue weighted by Gasteiger charge is -2.23. The molecule has 0 aliphatic rings. The van der Waals surface area contributed by atoms with E-state index in [1.807, 2.05) is 38.3 Å². The van der Waals surface area contributed by atoms with Crippen LogP contribution in [0.15, 0.2) is 40.3 Å². The number of thiophene rings is 1. The molecule has 0 aliphatic carbocycles. The number of hydrogen-bond donors (Lipinski definition) is 2. The predicted octanol–water partition coefficient (Wildman–Crippen LogP) is 2.97. The average molecular weight is 320 g/mol. The van der Waals surface area contributed by atoms with Crippen LogP contribution in [-0.4, -0.2) is 17.9 Å². The van der Waals surface area contributed by atoms with Gasteiger partial charge in [0.15, 0.2) is 5.76 Å². The number of carbonyl (C=O) groups is 2. The second kappa shape index (κ2) is 7.26. The van der Waals surface area contributed by atoms with Gasteiger partial charge in [-0.1, -0.05) is 19.9 Å². The highest BCUT2D eigenvalue weighted by Crippen LogP contribution is 2.18. The minimum atomic E-state index is -0.611. The van der Waals surface area contributed by atoms with Crippen LogP contribution in [0.2, 0.25) is 0 Å². The first-order chi connectivity index (χ1) is 10.5. The Morgan fingerprint density at radius 3 is 2.45 bits per heavy atom. The van der Waals surface area contributed by atoms with E-state index < -0.39 is 6.04 Å². The standard InChI is InChI=1S/C16H20N2O3S/c1-10(2)14(18-15(19)12-6-4-8-21-12)16(20)17-11(3)13-7-5-9-22-13/h4-11,14H,1-3H3,(H,17,20)(H,18,19)/t11?,14-/m0/s1. The van der Waals surface area contributed by atoms with E-state index in [1.54, 1.807) is 23.5 Å². The maximum Gasteiger partial charge on any atom is 0.287 e. The van der Waals surface area contributed by atoms with Crippen molar-refractivity contribution in [2.75, 3.05) is 0 Å². The van der Waals surface area contributed by atoms with Gasteiger partial charge in [-0.25, -0.2) is 0 Å². The largest absolute Gasteiger partial charge is 0.459 e. The van der Waals surface area contributed by atoms with Crippen LogP contribution in [0.4, 0.5) is 0 Å². The van der Waals surface area contributed by atoms with Gasteiger partial charge in [-0.15, -0.1) is 11.3 Å². The minimum absolute atomic E-state index is 0.0329. The van der Waals surface area contributed by atoms with Gasteiger partial charge in [0.05, 0.1) is 12.3 Å². The first kappa shape index (κ1) is 16.3. The first-order valence-corrected chi connectivity index (χ1v) is 8.05. The third-order valence-electron chi connectivity index (χ3n) is 3.31. The Balaban J connectivity index is 2.01. The molecule has 0 saturated carbocycles. The molecule has 2 heterocycles. The van der Waals surface area contributed by atoms with Gasteiger partial charge in [0.2, 0.25) is 5.91 Å². The van der Waals surface area contributed by atoms with Crippen molar-refractivity contribution in [2.24, 2.45) is 5.92 Å². The summed E-state index contributed by atoms with van der Waals surface area (Å²) in [6.45, 7) is 5.71. The van der Waals surface area contributed by atoms with E-state index in [2.05, 4.69) is 10.6 Å². The summed E-state index contributed by atoms with van der Waals surface area (Å²) in [6.07, 6.45) is 1.43. The van der Waals surface area contributed by atoms with Gasteiger partial charge >= 0.3 is 0 Å². The van der Waals surface area contributed by atoms with Crippen molar-refractivity contribution in [3.63, 3.8) is 0 Å². The van der Waals surface area contributed by atoms with Gasteiger partial charge in [-0.05, 0) is 36.4 Å². The molecule has 0 radical (unpaired) electrons. The SMILES string of the molecule is CC(NC(=O)[C@@H](NC(=O)c1ccco1)C(C)C)c1cccs1. The Hall–Kier alpha value is -2.08. The fourth-order valence-corrected chi connectivity index (χ4v) is 2.80. The van der Waals surface area contributed by atoms with Gasteiger partial charge in [0, 0.05) is 4.88 Å². The van der Waals surface area contributed by atoms with Crippen molar-refractivity contribution < 1.29 is 14.0 Å². The number of carbonyl (C=O) groups excluding carboxylic acids is 2. The van der Waals surface area contributed by atoms with Gasteiger partial charge in [0.25, 0.3) is 5.91 Å².